The molecule has 0 spiro atoms. The number of hydrogen-bond acceptors (Lipinski definition) is 4. The van der Waals surface area contributed by atoms with Crippen molar-refractivity contribution in [1.29, 1.82) is 0 Å². The predicted molar refractivity (Wildman–Crippen MR) is 102 cm³/mol. The second kappa shape index (κ2) is 7.67. The fourth-order valence-corrected chi connectivity index (χ4v) is 3.64. The molecule has 27 heavy (non-hydrogen) atoms. The van der Waals surface area contributed by atoms with Gasteiger partial charge in [0.1, 0.15) is 17.3 Å². The van der Waals surface area contributed by atoms with Gasteiger partial charge in [0.25, 0.3) is 10.0 Å². The van der Waals surface area contributed by atoms with Gasteiger partial charge in [-0.2, -0.15) is 0 Å². The minimum atomic E-state index is -3.84. The van der Waals surface area contributed by atoms with Crippen LogP contribution in [0.3, 0.4) is 0 Å². The first kappa shape index (κ1) is 18.7. The summed E-state index contributed by atoms with van der Waals surface area (Å²) in [5.74, 6) is 0.816. The summed E-state index contributed by atoms with van der Waals surface area (Å²) in [4.78, 5) is -0.0225. The van der Waals surface area contributed by atoms with Crippen molar-refractivity contribution in [2.24, 2.45) is 0 Å². The van der Waals surface area contributed by atoms with Crippen molar-refractivity contribution >= 4 is 15.7 Å². The van der Waals surface area contributed by atoms with Gasteiger partial charge in [0, 0.05) is 11.3 Å². The maximum atomic E-state index is 13.0. The average Bonchev–Trinajstić information content (AvgIpc) is 2.68. The highest BCUT2D eigenvalue weighted by Gasteiger charge is 2.16. The Labute approximate surface area is 157 Å². The Bertz CT molecular complexity index is 1030. The third-order valence-electron chi connectivity index (χ3n) is 3.98. The molecule has 7 heteroatoms. The van der Waals surface area contributed by atoms with Crippen LogP contribution in [0.25, 0.3) is 11.1 Å². The normalized spacial score (nSPS) is 11.1. The van der Waals surface area contributed by atoms with Gasteiger partial charge in [0.05, 0.1) is 19.1 Å². The molecular formula is C20H18FNO4S. The lowest BCUT2D eigenvalue weighted by Gasteiger charge is -2.13. The Morgan fingerprint density at radius 1 is 0.852 bits per heavy atom. The van der Waals surface area contributed by atoms with Gasteiger partial charge < -0.3 is 9.47 Å². The van der Waals surface area contributed by atoms with Gasteiger partial charge in [-0.05, 0) is 60.2 Å². The molecule has 0 aliphatic heterocycles. The quantitative estimate of drug-likeness (QED) is 0.685. The molecule has 0 radical (unpaired) electrons. The molecule has 0 bridgehead atoms. The number of sulfonamides is 1. The highest BCUT2D eigenvalue weighted by atomic mass is 32.2. The SMILES string of the molecule is COc1ccc(-c2cc(NS(=O)(=O)c3ccc(F)cc3)ccc2OC)cc1. The number of anilines is 1. The topological polar surface area (TPSA) is 64.6 Å². The maximum absolute atomic E-state index is 13.0. The van der Waals surface area contributed by atoms with Crippen molar-refractivity contribution in [3.05, 3.63) is 72.5 Å². The molecule has 0 saturated carbocycles. The molecule has 0 heterocycles. The standard InChI is InChI=1S/C20H18FNO4S/c1-25-17-8-3-14(4-9-17)19-13-16(7-12-20(19)26-2)22-27(23,24)18-10-5-15(21)6-11-18/h3-13,22H,1-2H3. The van der Waals surface area contributed by atoms with Crippen LogP contribution in [-0.2, 0) is 10.0 Å². The van der Waals surface area contributed by atoms with Gasteiger partial charge in [0.2, 0.25) is 0 Å². The lowest BCUT2D eigenvalue weighted by atomic mass is 10.0. The summed E-state index contributed by atoms with van der Waals surface area (Å²) in [6.45, 7) is 0. The van der Waals surface area contributed by atoms with Crippen LogP contribution in [0, 0.1) is 5.82 Å². The number of ether oxygens (including phenoxy) is 2. The zero-order valence-electron chi connectivity index (χ0n) is 14.8. The van der Waals surface area contributed by atoms with Crippen LogP contribution >= 0.6 is 0 Å². The van der Waals surface area contributed by atoms with Gasteiger partial charge in [-0.25, -0.2) is 12.8 Å². The molecule has 0 amide bonds. The van der Waals surface area contributed by atoms with E-state index < -0.39 is 15.8 Å². The lowest BCUT2D eigenvalue weighted by Crippen LogP contribution is -2.13. The largest absolute Gasteiger partial charge is 0.497 e. The number of benzene rings is 3. The number of rotatable bonds is 6. The molecule has 5 nitrogen and oxygen atoms in total. The van der Waals surface area contributed by atoms with Gasteiger partial charge in [-0.1, -0.05) is 12.1 Å². The monoisotopic (exact) mass is 387 g/mol. The van der Waals surface area contributed by atoms with Crippen molar-refractivity contribution in [3.8, 4) is 22.6 Å². The molecule has 0 aliphatic carbocycles. The van der Waals surface area contributed by atoms with Gasteiger partial charge >= 0.3 is 0 Å². The molecule has 0 saturated heterocycles. The second-order valence-corrected chi connectivity index (χ2v) is 7.39. The Hall–Kier alpha value is -3.06. The zero-order valence-corrected chi connectivity index (χ0v) is 15.6. The second-order valence-electron chi connectivity index (χ2n) is 5.70. The summed E-state index contributed by atoms with van der Waals surface area (Å²) in [7, 11) is -0.707. The van der Waals surface area contributed by atoms with Gasteiger partial charge in [-0.3, -0.25) is 4.72 Å². The smallest absolute Gasteiger partial charge is 0.261 e. The highest BCUT2D eigenvalue weighted by molar-refractivity contribution is 7.92. The number of hydrogen-bond donors (Lipinski definition) is 1. The van der Waals surface area contributed by atoms with Crippen molar-refractivity contribution in [2.75, 3.05) is 18.9 Å². The summed E-state index contributed by atoms with van der Waals surface area (Å²) < 4.78 is 51.1. The fourth-order valence-electron chi connectivity index (χ4n) is 2.60. The average molecular weight is 387 g/mol. The van der Waals surface area contributed by atoms with Crippen LogP contribution in [0.4, 0.5) is 10.1 Å². The van der Waals surface area contributed by atoms with E-state index in [0.29, 0.717) is 17.2 Å². The van der Waals surface area contributed by atoms with E-state index in [4.69, 9.17) is 9.47 Å². The van der Waals surface area contributed by atoms with E-state index in [1.54, 1.807) is 32.4 Å². The molecule has 0 aromatic heterocycles. The number of halogens is 1. The Morgan fingerprint density at radius 3 is 2.11 bits per heavy atom. The van der Waals surface area contributed by atoms with E-state index in [9.17, 15) is 12.8 Å². The van der Waals surface area contributed by atoms with E-state index in [2.05, 4.69) is 4.72 Å². The Morgan fingerprint density at radius 2 is 1.52 bits per heavy atom. The highest BCUT2D eigenvalue weighted by Crippen LogP contribution is 2.34. The van der Waals surface area contributed by atoms with Crippen LogP contribution in [0.1, 0.15) is 0 Å². The summed E-state index contributed by atoms with van der Waals surface area (Å²) in [5.41, 5.74) is 1.93. The number of nitrogens with one attached hydrogen (secondary N) is 1. The van der Waals surface area contributed by atoms with Crippen molar-refractivity contribution < 1.29 is 22.3 Å². The molecule has 3 aromatic rings. The molecule has 3 aromatic carbocycles. The van der Waals surface area contributed by atoms with Crippen molar-refractivity contribution in [1.82, 2.24) is 0 Å². The molecule has 3 rings (SSSR count). The fraction of sp³-hybridized carbons (Fsp3) is 0.100. The summed E-state index contributed by atoms with van der Waals surface area (Å²) >= 11 is 0. The number of methoxy groups -OCH3 is 2. The summed E-state index contributed by atoms with van der Waals surface area (Å²) in [6, 6.07) is 16.9. The lowest BCUT2D eigenvalue weighted by molar-refractivity contribution is 0.414. The van der Waals surface area contributed by atoms with E-state index >= 15 is 0 Å². The van der Waals surface area contributed by atoms with Crippen LogP contribution in [0.5, 0.6) is 11.5 Å². The van der Waals surface area contributed by atoms with E-state index in [-0.39, 0.29) is 4.90 Å². The van der Waals surface area contributed by atoms with E-state index in [1.165, 1.54) is 12.1 Å². The summed E-state index contributed by atoms with van der Waals surface area (Å²) in [5, 5.41) is 0. The van der Waals surface area contributed by atoms with Crippen molar-refractivity contribution in [2.45, 2.75) is 4.90 Å². The predicted octanol–water partition coefficient (Wildman–Crippen LogP) is 4.31. The molecule has 1 N–H and O–H groups in total. The maximum Gasteiger partial charge on any atom is 0.261 e. The molecular weight excluding hydrogens is 369 g/mol. The minimum absolute atomic E-state index is 0.0225. The van der Waals surface area contributed by atoms with Gasteiger partial charge in [0.15, 0.2) is 0 Å². The Kier molecular flexibility index (Phi) is 5.32. The van der Waals surface area contributed by atoms with Crippen LogP contribution < -0.4 is 14.2 Å². The van der Waals surface area contributed by atoms with Crippen LogP contribution in [0.2, 0.25) is 0 Å². The molecule has 0 unspecified atom stereocenters. The third kappa shape index (κ3) is 4.20. The third-order valence-corrected chi connectivity index (χ3v) is 5.37. The minimum Gasteiger partial charge on any atom is -0.497 e. The first-order valence-electron chi connectivity index (χ1n) is 8.04. The molecule has 0 atom stereocenters. The molecule has 0 aliphatic rings. The molecule has 0 fully saturated rings. The van der Waals surface area contributed by atoms with Crippen molar-refractivity contribution in [3.63, 3.8) is 0 Å². The first-order chi connectivity index (χ1) is 12.9. The van der Waals surface area contributed by atoms with Crippen LogP contribution in [0.15, 0.2) is 71.6 Å². The van der Waals surface area contributed by atoms with E-state index in [1.807, 2.05) is 24.3 Å². The van der Waals surface area contributed by atoms with E-state index in [0.717, 1.165) is 23.3 Å². The Balaban J connectivity index is 1.96. The summed E-state index contributed by atoms with van der Waals surface area (Å²) in [6.07, 6.45) is 0. The molecule has 140 valence electrons. The zero-order chi connectivity index (χ0) is 19.4. The van der Waals surface area contributed by atoms with Gasteiger partial charge in [-0.15, -0.1) is 0 Å². The van der Waals surface area contributed by atoms with Crippen LogP contribution in [-0.4, -0.2) is 22.6 Å². The first-order valence-corrected chi connectivity index (χ1v) is 9.52.